The number of alkyl halides is 3. The van der Waals surface area contributed by atoms with Crippen molar-refractivity contribution in [1.29, 1.82) is 0 Å². The van der Waals surface area contributed by atoms with Crippen LogP contribution >= 0.6 is 0 Å². The summed E-state index contributed by atoms with van der Waals surface area (Å²) in [5, 5.41) is 9.22. The van der Waals surface area contributed by atoms with Crippen molar-refractivity contribution >= 4 is 5.91 Å². The minimum absolute atomic E-state index is 0.142. The fraction of sp³-hybridized carbons (Fsp3) is 0.615. The van der Waals surface area contributed by atoms with Crippen LogP contribution in [-0.2, 0) is 0 Å². The molecule has 0 aromatic carbocycles. The highest BCUT2D eigenvalue weighted by Gasteiger charge is 2.44. The van der Waals surface area contributed by atoms with Crippen LogP contribution in [0, 0.1) is 12.8 Å². The minimum atomic E-state index is -4.60. The summed E-state index contributed by atoms with van der Waals surface area (Å²) in [6.45, 7) is 2.08. The minimum Gasteiger partial charge on any atom is -0.469 e. The van der Waals surface area contributed by atoms with Crippen molar-refractivity contribution in [2.45, 2.75) is 32.0 Å². The largest absolute Gasteiger partial charge is 0.469 e. The van der Waals surface area contributed by atoms with Crippen LogP contribution in [0.1, 0.15) is 29.0 Å². The molecule has 1 atom stereocenters. The van der Waals surface area contributed by atoms with Gasteiger partial charge in [-0.1, -0.05) is 0 Å². The fourth-order valence-corrected chi connectivity index (χ4v) is 2.46. The molecule has 0 spiro atoms. The van der Waals surface area contributed by atoms with Gasteiger partial charge in [-0.25, -0.2) is 0 Å². The van der Waals surface area contributed by atoms with E-state index in [1.165, 1.54) is 11.2 Å². The van der Waals surface area contributed by atoms with E-state index in [0.717, 1.165) is 0 Å². The van der Waals surface area contributed by atoms with E-state index in [0.29, 0.717) is 11.3 Å². The number of rotatable bonds is 2. The molecule has 1 aliphatic heterocycles. The summed E-state index contributed by atoms with van der Waals surface area (Å²) in [7, 11) is 0. The monoisotopic (exact) mass is 291 g/mol. The van der Waals surface area contributed by atoms with Crippen LogP contribution in [0.25, 0.3) is 0 Å². The average Bonchev–Trinajstić information content (AvgIpc) is 2.82. The van der Waals surface area contributed by atoms with Gasteiger partial charge in [0.05, 0.1) is 11.8 Å². The fourth-order valence-electron chi connectivity index (χ4n) is 2.46. The van der Waals surface area contributed by atoms with Crippen LogP contribution in [0.5, 0.6) is 0 Å². The number of amides is 1. The molecule has 1 N–H and O–H groups in total. The summed E-state index contributed by atoms with van der Waals surface area (Å²) in [6, 6.07) is 1.55. The molecule has 0 bridgehead atoms. The first-order chi connectivity index (χ1) is 9.30. The van der Waals surface area contributed by atoms with Gasteiger partial charge in [-0.2, -0.15) is 13.2 Å². The van der Waals surface area contributed by atoms with E-state index in [1.807, 2.05) is 0 Å². The molecule has 0 saturated carbocycles. The zero-order valence-corrected chi connectivity index (χ0v) is 11.0. The highest BCUT2D eigenvalue weighted by Crippen LogP contribution is 2.32. The van der Waals surface area contributed by atoms with Crippen LogP contribution < -0.4 is 0 Å². The molecule has 20 heavy (non-hydrogen) atoms. The van der Waals surface area contributed by atoms with Gasteiger partial charge in [0.15, 0.2) is 6.10 Å². The normalized spacial score (nSPS) is 19.1. The Balaban J connectivity index is 1.95. The number of furan rings is 1. The predicted octanol–water partition coefficient (Wildman–Crippen LogP) is 2.36. The number of aryl methyl sites for hydroxylation is 1. The van der Waals surface area contributed by atoms with Gasteiger partial charge in [0.25, 0.3) is 5.91 Å². The van der Waals surface area contributed by atoms with Crippen molar-refractivity contribution in [1.82, 2.24) is 4.90 Å². The molecule has 7 heteroatoms. The van der Waals surface area contributed by atoms with Crippen LogP contribution in [-0.4, -0.2) is 41.3 Å². The van der Waals surface area contributed by atoms with Crippen molar-refractivity contribution < 1.29 is 27.5 Å². The number of hydrogen-bond donors (Lipinski definition) is 1. The van der Waals surface area contributed by atoms with E-state index in [2.05, 4.69) is 0 Å². The van der Waals surface area contributed by atoms with Crippen LogP contribution in [0.3, 0.4) is 0 Å². The van der Waals surface area contributed by atoms with Gasteiger partial charge in [-0.15, -0.1) is 0 Å². The van der Waals surface area contributed by atoms with Crippen LogP contribution in [0.2, 0.25) is 0 Å². The van der Waals surface area contributed by atoms with Crippen molar-refractivity contribution in [2.24, 2.45) is 5.92 Å². The molecular formula is C13H16F3NO3. The summed E-state index contributed by atoms with van der Waals surface area (Å²) in [4.78, 5) is 13.6. The number of carbonyl (C=O) groups excluding carboxylic acids is 1. The first kappa shape index (κ1) is 14.9. The van der Waals surface area contributed by atoms with Gasteiger partial charge in [0.2, 0.25) is 0 Å². The molecular weight excluding hydrogens is 275 g/mol. The highest BCUT2D eigenvalue weighted by molar-refractivity contribution is 5.95. The maximum atomic E-state index is 12.4. The number of hydrogen-bond acceptors (Lipinski definition) is 3. The van der Waals surface area contributed by atoms with Crippen molar-refractivity contribution in [3.8, 4) is 0 Å². The van der Waals surface area contributed by atoms with Gasteiger partial charge in [0.1, 0.15) is 5.76 Å². The lowest BCUT2D eigenvalue weighted by Gasteiger charge is -2.34. The number of nitrogens with zero attached hydrogens (tertiary/aromatic N) is 1. The lowest BCUT2D eigenvalue weighted by molar-refractivity contribution is -0.222. The summed E-state index contributed by atoms with van der Waals surface area (Å²) < 4.78 is 42.3. The molecule has 2 heterocycles. The Morgan fingerprint density at radius 2 is 2.05 bits per heavy atom. The molecule has 1 saturated heterocycles. The van der Waals surface area contributed by atoms with E-state index in [-0.39, 0.29) is 31.8 Å². The number of carbonyl (C=O) groups is 1. The summed E-state index contributed by atoms with van der Waals surface area (Å²) in [5.74, 6) is -0.590. The van der Waals surface area contributed by atoms with Gasteiger partial charge in [-0.05, 0) is 31.7 Å². The topological polar surface area (TPSA) is 53.7 Å². The quantitative estimate of drug-likeness (QED) is 0.910. The zero-order chi connectivity index (χ0) is 14.9. The Morgan fingerprint density at radius 3 is 2.50 bits per heavy atom. The van der Waals surface area contributed by atoms with Gasteiger partial charge < -0.3 is 14.4 Å². The van der Waals surface area contributed by atoms with Crippen LogP contribution in [0.4, 0.5) is 13.2 Å². The molecule has 0 aliphatic carbocycles. The standard InChI is InChI=1S/C13H16F3NO3/c1-8-10(4-7-20-8)12(19)17-5-2-9(3-6-17)11(18)13(14,15)16/h4,7,9,11,18H,2-3,5-6H2,1H3. The van der Waals surface area contributed by atoms with Gasteiger partial charge in [0, 0.05) is 13.1 Å². The molecule has 1 unspecified atom stereocenters. The first-order valence-corrected chi connectivity index (χ1v) is 6.39. The lowest BCUT2D eigenvalue weighted by Crippen LogP contribution is -2.45. The van der Waals surface area contributed by atoms with E-state index < -0.39 is 18.2 Å². The lowest BCUT2D eigenvalue weighted by atomic mass is 9.90. The zero-order valence-electron chi connectivity index (χ0n) is 11.0. The molecule has 4 nitrogen and oxygen atoms in total. The second-order valence-corrected chi connectivity index (χ2v) is 5.01. The number of piperidine rings is 1. The first-order valence-electron chi connectivity index (χ1n) is 6.39. The maximum Gasteiger partial charge on any atom is 0.414 e. The summed E-state index contributed by atoms with van der Waals surface area (Å²) in [6.07, 6.45) is -5.22. The SMILES string of the molecule is Cc1occc1C(=O)N1CCC(C(O)C(F)(F)F)CC1. The second-order valence-electron chi connectivity index (χ2n) is 5.01. The van der Waals surface area contributed by atoms with E-state index in [4.69, 9.17) is 4.42 Å². The van der Waals surface area contributed by atoms with Gasteiger partial charge in [-0.3, -0.25) is 4.79 Å². The molecule has 0 radical (unpaired) electrons. The average molecular weight is 291 g/mol. The smallest absolute Gasteiger partial charge is 0.414 e. The third-order valence-corrected chi connectivity index (χ3v) is 3.70. The number of aliphatic hydroxyl groups excluding tert-OH is 1. The Bertz CT molecular complexity index is 475. The molecule has 1 aromatic heterocycles. The summed E-state index contributed by atoms with van der Waals surface area (Å²) >= 11 is 0. The molecule has 1 aromatic rings. The Morgan fingerprint density at radius 1 is 1.45 bits per heavy atom. The Labute approximate surface area is 114 Å². The number of halogens is 3. The number of likely N-dealkylation sites (tertiary alicyclic amines) is 1. The van der Waals surface area contributed by atoms with E-state index in [1.54, 1.807) is 13.0 Å². The molecule has 1 aliphatic rings. The molecule has 112 valence electrons. The molecule has 2 rings (SSSR count). The predicted molar refractivity (Wildman–Crippen MR) is 64.1 cm³/mol. The van der Waals surface area contributed by atoms with Crippen molar-refractivity contribution in [3.05, 3.63) is 23.7 Å². The maximum absolute atomic E-state index is 12.4. The Hall–Kier alpha value is -1.50. The molecule has 1 fully saturated rings. The van der Waals surface area contributed by atoms with Crippen molar-refractivity contribution in [3.63, 3.8) is 0 Å². The molecule has 1 amide bonds. The van der Waals surface area contributed by atoms with Crippen molar-refractivity contribution in [2.75, 3.05) is 13.1 Å². The summed E-state index contributed by atoms with van der Waals surface area (Å²) in [5.41, 5.74) is 0.430. The third-order valence-electron chi connectivity index (χ3n) is 3.70. The van der Waals surface area contributed by atoms with E-state index >= 15 is 0 Å². The van der Waals surface area contributed by atoms with Crippen LogP contribution in [0.15, 0.2) is 16.7 Å². The Kier molecular flexibility index (Phi) is 4.08. The second kappa shape index (κ2) is 5.47. The third kappa shape index (κ3) is 2.98. The van der Waals surface area contributed by atoms with Gasteiger partial charge >= 0.3 is 6.18 Å². The number of aliphatic hydroxyl groups is 1. The van der Waals surface area contributed by atoms with E-state index in [9.17, 15) is 23.1 Å². The highest BCUT2D eigenvalue weighted by atomic mass is 19.4.